The molecule has 0 bridgehead atoms. The Bertz CT molecular complexity index is 788. The van der Waals surface area contributed by atoms with Gasteiger partial charge < -0.3 is 14.8 Å². The van der Waals surface area contributed by atoms with Crippen LogP contribution in [-0.4, -0.2) is 25.1 Å². The van der Waals surface area contributed by atoms with Gasteiger partial charge in [0, 0.05) is 23.4 Å². The molecule has 0 spiro atoms. The molecule has 1 N–H and O–H groups in total. The van der Waals surface area contributed by atoms with Crippen LogP contribution >= 0.6 is 0 Å². The minimum absolute atomic E-state index is 0.257. The van der Waals surface area contributed by atoms with E-state index in [4.69, 9.17) is 9.47 Å². The van der Waals surface area contributed by atoms with Crippen molar-refractivity contribution in [3.8, 4) is 5.75 Å². The largest absolute Gasteiger partial charge is 0.497 e. The highest BCUT2D eigenvalue weighted by atomic mass is 19.1. The van der Waals surface area contributed by atoms with Crippen LogP contribution in [0.4, 0.5) is 10.1 Å². The van der Waals surface area contributed by atoms with E-state index in [0.29, 0.717) is 11.4 Å². The predicted octanol–water partition coefficient (Wildman–Crippen LogP) is 3.42. The van der Waals surface area contributed by atoms with Crippen LogP contribution in [0.3, 0.4) is 0 Å². The van der Waals surface area contributed by atoms with Gasteiger partial charge in [-0.2, -0.15) is 0 Å². The number of benzene rings is 2. The summed E-state index contributed by atoms with van der Waals surface area (Å²) < 4.78 is 23.5. The number of hydrogen-bond donors (Lipinski definition) is 1. The van der Waals surface area contributed by atoms with Gasteiger partial charge >= 0.3 is 5.97 Å². The second-order valence-corrected chi connectivity index (χ2v) is 5.16. The van der Waals surface area contributed by atoms with Crippen molar-refractivity contribution >= 4 is 23.6 Å². The fourth-order valence-electron chi connectivity index (χ4n) is 1.98. The van der Waals surface area contributed by atoms with Crippen molar-refractivity contribution in [3.05, 3.63) is 66.0 Å². The lowest BCUT2D eigenvalue weighted by atomic mass is 10.2. The molecule has 2 aromatic carbocycles. The molecular formula is C19H18FNO4. The number of carbonyl (C=O) groups excluding carboxylic acids is 2. The molecule has 0 aliphatic rings. The predicted molar refractivity (Wildman–Crippen MR) is 92.6 cm³/mol. The molecule has 0 saturated carbocycles. The molecule has 0 radical (unpaired) electrons. The van der Waals surface area contributed by atoms with Crippen molar-refractivity contribution in [1.29, 1.82) is 0 Å². The summed E-state index contributed by atoms with van der Waals surface area (Å²) >= 11 is 0. The Labute approximate surface area is 145 Å². The van der Waals surface area contributed by atoms with Gasteiger partial charge in [-0.1, -0.05) is 24.3 Å². The number of halogens is 1. The molecule has 1 atom stereocenters. The first-order valence-electron chi connectivity index (χ1n) is 7.57. The maximum atomic E-state index is 13.5. The Balaban J connectivity index is 1.91. The van der Waals surface area contributed by atoms with Crippen LogP contribution in [-0.2, 0) is 14.3 Å². The molecule has 130 valence electrons. The zero-order valence-corrected chi connectivity index (χ0v) is 13.9. The van der Waals surface area contributed by atoms with E-state index < -0.39 is 23.8 Å². The lowest BCUT2D eigenvalue weighted by Crippen LogP contribution is -2.29. The lowest BCUT2D eigenvalue weighted by Gasteiger charge is -2.13. The van der Waals surface area contributed by atoms with Crippen molar-refractivity contribution in [2.75, 3.05) is 12.4 Å². The van der Waals surface area contributed by atoms with E-state index >= 15 is 0 Å². The van der Waals surface area contributed by atoms with Gasteiger partial charge in [-0.15, -0.1) is 0 Å². The number of nitrogens with one attached hydrogen (secondary N) is 1. The lowest BCUT2D eigenvalue weighted by molar-refractivity contribution is -0.148. The van der Waals surface area contributed by atoms with E-state index in [9.17, 15) is 14.0 Å². The summed E-state index contributed by atoms with van der Waals surface area (Å²) in [6, 6.07) is 12.8. The molecule has 5 nitrogen and oxygen atoms in total. The molecule has 0 aliphatic carbocycles. The highest BCUT2D eigenvalue weighted by molar-refractivity contribution is 5.96. The van der Waals surface area contributed by atoms with E-state index in [0.717, 1.165) is 6.08 Å². The molecule has 25 heavy (non-hydrogen) atoms. The summed E-state index contributed by atoms with van der Waals surface area (Å²) in [4.78, 5) is 23.8. The van der Waals surface area contributed by atoms with Gasteiger partial charge in [-0.25, -0.2) is 9.18 Å². The van der Waals surface area contributed by atoms with Gasteiger partial charge in [0.05, 0.1) is 7.11 Å². The number of anilines is 1. The summed E-state index contributed by atoms with van der Waals surface area (Å²) in [5.74, 6) is -1.08. The molecule has 0 fully saturated rings. The van der Waals surface area contributed by atoms with E-state index in [-0.39, 0.29) is 5.56 Å². The summed E-state index contributed by atoms with van der Waals surface area (Å²) in [5.41, 5.74) is 0.780. The van der Waals surface area contributed by atoms with E-state index in [2.05, 4.69) is 5.32 Å². The van der Waals surface area contributed by atoms with Crippen LogP contribution < -0.4 is 10.1 Å². The molecule has 0 saturated heterocycles. The molecule has 6 heteroatoms. The van der Waals surface area contributed by atoms with Crippen molar-refractivity contribution in [2.24, 2.45) is 0 Å². The number of carbonyl (C=O) groups is 2. The third kappa shape index (κ3) is 5.46. The summed E-state index contributed by atoms with van der Waals surface area (Å²) in [5, 5.41) is 2.62. The first-order valence-corrected chi connectivity index (χ1v) is 7.57. The standard InChI is InChI=1S/C19H18FNO4/c1-13(19(23)21-15-7-5-8-16(12-15)24-2)25-18(22)11-10-14-6-3-4-9-17(14)20/h3-13H,1-2H3,(H,21,23)/b11-10+/t13-/m1/s1. The first kappa shape index (κ1) is 18.2. The van der Waals surface area contributed by atoms with Gasteiger partial charge in [-0.05, 0) is 31.2 Å². The van der Waals surface area contributed by atoms with Crippen molar-refractivity contribution in [2.45, 2.75) is 13.0 Å². The maximum absolute atomic E-state index is 13.5. The minimum Gasteiger partial charge on any atom is -0.497 e. The quantitative estimate of drug-likeness (QED) is 0.645. The number of methoxy groups -OCH3 is 1. The summed E-state index contributed by atoms with van der Waals surface area (Å²) in [7, 11) is 1.52. The Hall–Kier alpha value is -3.15. The second kappa shape index (κ2) is 8.63. The Kier molecular flexibility index (Phi) is 6.28. The monoisotopic (exact) mass is 343 g/mol. The number of hydrogen-bond acceptors (Lipinski definition) is 4. The van der Waals surface area contributed by atoms with Crippen LogP contribution in [0, 0.1) is 5.82 Å². The molecule has 2 rings (SSSR count). The zero-order valence-electron chi connectivity index (χ0n) is 13.9. The highest BCUT2D eigenvalue weighted by Gasteiger charge is 2.17. The van der Waals surface area contributed by atoms with Crippen LogP contribution in [0.25, 0.3) is 6.08 Å². The summed E-state index contributed by atoms with van der Waals surface area (Å²) in [6.45, 7) is 1.45. The molecular weight excluding hydrogens is 325 g/mol. The Morgan fingerprint density at radius 2 is 1.92 bits per heavy atom. The van der Waals surface area contributed by atoms with Crippen molar-refractivity contribution in [1.82, 2.24) is 0 Å². The third-order valence-electron chi connectivity index (χ3n) is 3.30. The third-order valence-corrected chi connectivity index (χ3v) is 3.30. The smallest absolute Gasteiger partial charge is 0.331 e. The van der Waals surface area contributed by atoms with Crippen molar-refractivity contribution < 1.29 is 23.5 Å². The van der Waals surface area contributed by atoms with E-state index in [1.165, 1.54) is 32.2 Å². The summed E-state index contributed by atoms with van der Waals surface area (Å²) in [6.07, 6.45) is 1.36. The van der Waals surface area contributed by atoms with Gasteiger partial charge in [0.2, 0.25) is 0 Å². The number of esters is 1. The second-order valence-electron chi connectivity index (χ2n) is 5.16. The molecule has 0 aromatic heterocycles. The van der Waals surface area contributed by atoms with Gasteiger partial charge in [0.1, 0.15) is 11.6 Å². The van der Waals surface area contributed by atoms with Gasteiger partial charge in [0.15, 0.2) is 6.10 Å². The fraction of sp³-hybridized carbons (Fsp3) is 0.158. The van der Waals surface area contributed by atoms with Gasteiger partial charge in [0.25, 0.3) is 5.91 Å². The average molecular weight is 343 g/mol. The number of rotatable bonds is 6. The average Bonchev–Trinajstić information content (AvgIpc) is 2.61. The van der Waals surface area contributed by atoms with E-state index in [1.807, 2.05) is 0 Å². The molecule has 0 heterocycles. The molecule has 0 aliphatic heterocycles. The normalized spacial score (nSPS) is 11.8. The Morgan fingerprint density at radius 3 is 2.64 bits per heavy atom. The van der Waals surface area contributed by atoms with Crippen LogP contribution in [0.2, 0.25) is 0 Å². The number of ether oxygens (including phenoxy) is 2. The van der Waals surface area contributed by atoms with Crippen LogP contribution in [0.1, 0.15) is 12.5 Å². The highest BCUT2D eigenvalue weighted by Crippen LogP contribution is 2.17. The van der Waals surface area contributed by atoms with Crippen molar-refractivity contribution in [3.63, 3.8) is 0 Å². The minimum atomic E-state index is -1.01. The Morgan fingerprint density at radius 1 is 1.16 bits per heavy atom. The topological polar surface area (TPSA) is 64.6 Å². The SMILES string of the molecule is COc1cccc(NC(=O)[C@@H](C)OC(=O)/C=C/c2ccccc2F)c1. The maximum Gasteiger partial charge on any atom is 0.331 e. The molecule has 0 unspecified atom stereocenters. The number of amides is 1. The van der Waals surface area contributed by atoms with Gasteiger partial charge in [-0.3, -0.25) is 4.79 Å². The fourth-order valence-corrected chi connectivity index (χ4v) is 1.98. The van der Waals surface area contributed by atoms with E-state index in [1.54, 1.807) is 36.4 Å². The molecule has 1 amide bonds. The molecule has 2 aromatic rings. The van der Waals surface area contributed by atoms with Crippen LogP contribution in [0.5, 0.6) is 5.75 Å². The first-order chi connectivity index (χ1) is 12.0. The van der Waals surface area contributed by atoms with Crippen LogP contribution in [0.15, 0.2) is 54.6 Å². The zero-order chi connectivity index (χ0) is 18.2.